The van der Waals surface area contributed by atoms with E-state index in [4.69, 9.17) is 9.84 Å². The number of hydrogen-bond acceptors (Lipinski definition) is 2. The van der Waals surface area contributed by atoms with Crippen LogP contribution in [0.15, 0.2) is 24.3 Å². The van der Waals surface area contributed by atoms with Gasteiger partial charge in [0, 0.05) is 12.5 Å². The molecular formula is C12H17O2. The van der Waals surface area contributed by atoms with Crippen molar-refractivity contribution in [3.63, 3.8) is 0 Å². The number of benzene rings is 1. The molecule has 0 saturated heterocycles. The number of aliphatic hydroxyl groups excluding tert-OH is 1. The maximum absolute atomic E-state index is 8.95. The zero-order chi connectivity index (χ0) is 10.4. The Morgan fingerprint density at radius 1 is 1.50 bits per heavy atom. The SMILES string of the molecule is [CH2]C(CO)c1cccc(OCCC)c1. The zero-order valence-electron chi connectivity index (χ0n) is 8.57. The molecular weight excluding hydrogens is 176 g/mol. The zero-order valence-corrected chi connectivity index (χ0v) is 8.57. The first-order valence-electron chi connectivity index (χ1n) is 4.94. The fourth-order valence-electron chi connectivity index (χ4n) is 1.18. The Hall–Kier alpha value is -1.02. The maximum Gasteiger partial charge on any atom is 0.119 e. The fraction of sp³-hybridized carbons (Fsp3) is 0.417. The van der Waals surface area contributed by atoms with Gasteiger partial charge in [-0.3, -0.25) is 0 Å². The summed E-state index contributed by atoms with van der Waals surface area (Å²) >= 11 is 0. The number of hydrogen-bond donors (Lipinski definition) is 1. The van der Waals surface area contributed by atoms with E-state index in [-0.39, 0.29) is 12.5 Å². The minimum Gasteiger partial charge on any atom is -0.494 e. The second-order valence-electron chi connectivity index (χ2n) is 3.30. The molecule has 1 aromatic carbocycles. The molecule has 1 rings (SSSR count). The molecule has 0 aromatic heterocycles. The van der Waals surface area contributed by atoms with E-state index in [2.05, 4.69) is 13.8 Å². The quantitative estimate of drug-likeness (QED) is 0.778. The lowest BCUT2D eigenvalue weighted by Crippen LogP contribution is -2.00. The Labute approximate surface area is 85.5 Å². The monoisotopic (exact) mass is 193 g/mol. The van der Waals surface area contributed by atoms with Crippen molar-refractivity contribution in [2.24, 2.45) is 0 Å². The summed E-state index contributed by atoms with van der Waals surface area (Å²) in [5.74, 6) is 0.784. The molecule has 0 spiro atoms. The highest BCUT2D eigenvalue weighted by Gasteiger charge is 2.04. The second kappa shape index (κ2) is 5.66. The molecule has 0 aliphatic rings. The van der Waals surface area contributed by atoms with Crippen LogP contribution in [0.25, 0.3) is 0 Å². The topological polar surface area (TPSA) is 29.5 Å². The van der Waals surface area contributed by atoms with Gasteiger partial charge in [0.1, 0.15) is 5.75 Å². The van der Waals surface area contributed by atoms with Crippen LogP contribution in [-0.2, 0) is 0 Å². The molecule has 1 N–H and O–H groups in total. The molecule has 0 heterocycles. The third-order valence-electron chi connectivity index (χ3n) is 2.02. The van der Waals surface area contributed by atoms with E-state index < -0.39 is 0 Å². The van der Waals surface area contributed by atoms with E-state index in [1.165, 1.54) is 0 Å². The summed E-state index contributed by atoms with van der Waals surface area (Å²) in [4.78, 5) is 0. The minimum atomic E-state index is -0.0693. The first-order valence-corrected chi connectivity index (χ1v) is 4.94. The van der Waals surface area contributed by atoms with Gasteiger partial charge in [-0.1, -0.05) is 19.1 Å². The summed E-state index contributed by atoms with van der Waals surface area (Å²) < 4.78 is 5.48. The van der Waals surface area contributed by atoms with Crippen molar-refractivity contribution in [3.05, 3.63) is 36.8 Å². The van der Waals surface area contributed by atoms with E-state index in [9.17, 15) is 0 Å². The Bertz CT molecular complexity index is 271. The van der Waals surface area contributed by atoms with Crippen LogP contribution < -0.4 is 4.74 Å². The Morgan fingerprint density at radius 3 is 2.93 bits per heavy atom. The minimum absolute atomic E-state index is 0.0667. The van der Waals surface area contributed by atoms with Gasteiger partial charge in [0.25, 0.3) is 0 Å². The average Bonchev–Trinajstić information content (AvgIpc) is 2.25. The maximum atomic E-state index is 8.95. The van der Waals surface area contributed by atoms with Crippen LogP contribution in [0.5, 0.6) is 5.75 Å². The molecule has 77 valence electrons. The first kappa shape index (κ1) is 11.1. The smallest absolute Gasteiger partial charge is 0.119 e. The molecule has 0 fully saturated rings. The Morgan fingerprint density at radius 2 is 2.29 bits per heavy atom. The van der Waals surface area contributed by atoms with E-state index in [0.29, 0.717) is 0 Å². The molecule has 1 unspecified atom stereocenters. The van der Waals surface area contributed by atoms with Crippen LogP contribution in [0, 0.1) is 6.92 Å². The number of rotatable bonds is 5. The van der Waals surface area contributed by atoms with Gasteiger partial charge in [-0.05, 0) is 31.0 Å². The molecule has 0 bridgehead atoms. The summed E-state index contributed by atoms with van der Waals surface area (Å²) in [6.07, 6.45) is 0.998. The van der Waals surface area contributed by atoms with Crippen molar-refractivity contribution in [2.75, 3.05) is 13.2 Å². The second-order valence-corrected chi connectivity index (χ2v) is 3.30. The molecule has 1 radical (unpaired) electrons. The van der Waals surface area contributed by atoms with Crippen molar-refractivity contribution in [2.45, 2.75) is 19.3 Å². The van der Waals surface area contributed by atoms with Crippen LogP contribution >= 0.6 is 0 Å². The van der Waals surface area contributed by atoms with Gasteiger partial charge in [0.05, 0.1) is 6.61 Å². The van der Waals surface area contributed by atoms with Gasteiger partial charge in [0.15, 0.2) is 0 Å². The lowest BCUT2D eigenvalue weighted by molar-refractivity contribution is 0.281. The van der Waals surface area contributed by atoms with Crippen molar-refractivity contribution >= 4 is 0 Å². The predicted octanol–water partition coefficient (Wildman–Crippen LogP) is 2.39. The highest BCUT2D eigenvalue weighted by molar-refractivity contribution is 5.31. The van der Waals surface area contributed by atoms with Crippen LogP contribution in [0.4, 0.5) is 0 Å². The highest BCUT2D eigenvalue weighted by Crippen LogP contribution is 2.19. The van der Waals surface area contributed by atoms with E-state index >= 15 is 0 Å². The van der Waals surface area contributed by atoms with Crippen molar-refractivity contribution in [1.29, 1.82) is 0 Å². The van der Waals surface area contributed by atoms with Crippen molar-refractivity contribution in [1.82, 2.24) is 0 Å². The van der Waals surface area contributed by atoms with Gasteiger partial charge in [-0.2, -0.15) is 0 Å². The predicted molar refractivity (Wildman–Crippen MR) is 57.4 cm³/mol. The molecule has 0 saturated carbocycles. The first-order chi connectivity index (χ1) is 6.77. The highest BCUT2D eigenvalue weighted by atomic mass is 16.5. The van der Waals surface area contributed by atoms with Crippen molar-refractivity contribution in [3.8, 4) is 5.75 Å². The Kier molecular flexibility index (Phi) is 4.47. The van der Waals surface area contributed by atoms with E-state index in [0.717, 1.165) is 24.3 Å². The van der Waals surface area contributed by atoms with Gasteiger partial charge in [-0.15, -0.1) is 0 Å². The molecule has 2 nitrogen and oxygen atoms in total. The lowest BCUT2D eigenvalue weighted by atomic mass is 10.0. The number of ether oxygens (including phenoxy) is 1. The molecule has 0 aliphatic carbocycles. The normalized spacial score (nSPS) is 12.5. The molecule has 0 amide bonds. The summed E-state index contributed by atoms with van der Waals surface area (Å²) in [6, 6.07) is 7.73. The summed E-state index contributed by atoms with van der Waals surface area (Å²) in [5.41, 5.74) is 1.01. The van der Waals surface area contributed by atoms with Crippen LogP contribution in [-0.4, -0.2) is 18.3 Å². The molecule has 2 heteroatoms. The van der Waals surface area contributed by atoms with Crippen LogP contribution in [0.1, 0.15) is 24.8 Å². The summed E-state index contributed by atoms with van der Waals surface area (Å²) in [5, 5.41) is 8.95. The molecule has 0 aliphatic heterocycles. The van der Waals surface area contributed by atoms with E-state index in [1.807, 2.05) is 24.3 Å². The van der Waals surface area contributed by atoms with Gasteiger partial charge < -0.3 is 9.84 Å². The third kappa shape index (κ3) is 3.04. The van der Waals surface area contributed by atoms with E-state index in [1.54, 1.807) is 0 Å². The number of aliphatic hydroxyl groups is 1. The molecule has 1 atom stereocenters. The molecule has 14 heavy (non-hydrogen) atoms. The van der Waals surface area contributed by atoms with Gasteiger partial charge in [-0.25, -0.2) is 0 Å². The lowest BCUT2D eigenvalue weighted by Gasteiger charge is -2.10. The largest absolute Gasteiger partial charge is 0.494 e. The fourth-order valence-corrected chi connectivity index (χ4v) is 1.18. The molecule has 1 aromatic rings. The Balaban J connectivity index is 2.68. The average molecular weight is 193 g/mol. The van der Waals surface area contributed by atoms with Gasteiger partial charge in [0.2, 0.25) is 0 Å². The van der Waals surface area contributed by atoms with Crippen molar-refractivity contribution < 1.29 is 9.84 Å². The van der Waals surface area contributed by atoms with Crippen LogP contribution in [0.3, 0.4) is 0 Å². The van der Waals surface area contributed by atoms with Gasteiger partial charge >= 0.3 is 0 Å². The summed E-state index contributed by atoms with van der Waals surface area (Å²) in [6.45, 7) is 6.71. The third-order valence-corrected chi connectivity index (χ3v) is 2.02. The summed E-state index contributed by atoms with van der Waals surface area (Å²) in [7, 11) is 0. The standard InChI is InChI=1S/C12H17O2/c1-3-7-14-12-6-4-5-11(8-12)10(2)9-13/h4-6,8,10,13H,2-3,7,9H2,1H3. The van der Waals surface area contributed by atoms with Crippen LogP contribution in [0.2, 0.25) is 0 Å².